The number of amides is 1. The maximum absolute atomic E-state index is 12.1. The van der Waals surface area contributed by atoms with Crippen LogP contribution in [-0.4, -0.2) is 36.0 Å². The van der Waals surface area contributed by atoms with Gasteiger partial charge in [-0.3, -0.25) is 9.59 Å². The monoisotopic (exact) mass is 359 g/mol. The first-order valence-electron chi connectivity index (χ1n) is 6.33. The van der Waals surface area contributed by atoms with Crippen LogP contribution in [0.1, 0.15) is 25.6 Å². The van der Waals surface area contributed by atoms with Crippen molar-refractivity contribution in [2.75, 3.05) is 13.2 Å². The van der Waals surface area contributed by atoms with Gasteiger partial charge in [-0.1, -0.05) is 0 Å². The normalized spacial score (nSPS) is 11.1. The molecule has 1 amide bonds. The summed E-state index contributed by atoms with van der Waals surface area (Å²) in [4.78, 5) is 26.1. The molecule has 0 spiro atoms. The van der Waals surface area contributed by atoms with Gasteiger partial charge in [0.25, 0.3) is 0 Å². The van der Waals surface area contributed by atoms with Crippen LogP contribution in [0, 0.1) is 0 Å². The van der Waals surface area contributed by atoms with Crippen molar-refractivity contribution in [3.05, 3.63) is 26.9 Å². The minimum absolute atomic E-state index is 0.0250. The predicted molar refractivity (Wildman–Crippen MR) is 84.5 cm³/mol. The Labute approximate surface area is 131 Å². The number of esters is 1. The summed E-state index contributed by atoms with van der Waals surface area (Å²) < 4.78 is 5.89. The molecular formula is C14H18BrNO3S. The zero-order valence-corrected chi connectivity index (χ0v) is 14.2. The molecule has 0 N–H and O–H groups in total. The molecule has 0 bridgehead atoms. The average molecular weight is 360 g/mol. The van der Waals surface area contributed by atoms with Crippen molar-refractivity contribution >= 4 is 45.2 Å². The molecule has 6 heteroatoms. The lowest BCUT2D eigenvalue weighted by atomic mass is 10.3. The summed E-state index contributed by atoms with van der Waals surface area (Å²) in [5, 5.41) is 0. The van der Waals surface area contributed by atoms with E-state index in [4.69, 9.17) is 4.74 Å². The average Bonchev–Trinajstić information content (AvgIpc) is 2.79. The Hall–Kier alpha value is -1.14. The highest BCUT2D eigenvalue weighted by Crippen LogP contribution is 2.23. The number of ether oxygens (including phenoxy) is 1. The van der Waals surface area contributed by atoms with E-state index < -0.39 is 0 Å². The standard InChI is InChI=1S/C14H18BrNO3S/c1-4-19-14(18)9-16(10(2)3)13(17)8-6-11-5-7-12(15)20-11/h5-8,10H,4,9H2,1-3H3/b8-6+. The molecule has 0 unspecified atom stereocenters. The molecule has 4 nitrogen and oxygen atoms in total. The van der Waals surface area contributed by atoms with E-state index in [9.17, 15) is 9.59 Å². The number of thiophene rings is 1. The van der Waals surface area contributed by atoms with Crippen molar-refractivity contribution in [3.8, 4) is 0 Å². The second-order valence-corrected chi connectivity index (χ2v) is 6.83. The van der Waals surface area contributed by atoms with E-state index in [1.54, 1.807) is 13.0 Å². The van der Waals surface area contributed by atoms with Crippen molar-refractivity contribution in [3.63, 3.8) is 0 Å². The van der Waals surface area contributed by atoms with Gasteiger partial charge in [-0.05, 0) is 54.9 Å². The molecule has 0 aliphatic rings. The van der Waals surface area contributed by atoms with Crippen LogP contribution >= 0.6 is 27.3 Å². The Balaban J connectivity index is 2.69. The number of halogens is 1. The molecule has 0 fully saturated rings. The highest BCUT2D eigenvalue weighted by molar-refractivity contribution is 9.11. The van der Waals surface area contributed by atoms with Gasteiger partial charge in [-0.2, -0.15) is 0 Å². The van der Waals surface area contributed by atoms with Crippen molar-refractivity contribution < 1.29 is 14.3 Å². The molecule has 1 aromatic rings. The minimum atomic E-state index is -0.387. The Morgan fingerprint density at radius 1 is 1.45 bits per heavy atom. The summed E-state index contributed by atoms with van der Waals surface area (Å²) in [6.45, 7) is 5.77. The zero-order chi connectivity index (χ0) is 15.1. The predicted octanol–water partition coefficient (Wildman–Crippen LogP) is 3.32. The minimum Gasteiger partial charge on any atom is -0.465 e. The first kappa shape index (κ1) is 16.9. The Bertz CT molecular complexity index is 496. The SMILES string of the molecule is CCOC(=O)CN(C(=O)/C=C/c1ccc(Br)s1)C(C)C. The van der Waals surface area contributed by atoms with E-state index in [0.717, 1.165) is 8.66 Å². The molecule has 0 saturated heterocycles. The van der Waals surface area contributed by atoms with Crippen molar-refractivity contribution in [2.45, 2.75) is 26.8 Å². The summed E-state index contributed by atoms with van der Waals surface area (Å²) in [7, 11) is 0. The van der Waals surface area contributed by atoms with Crippen molar-refractivity contribution in [1.29, 1.82) is 0 Å². The number of carbonyl (C=O) groups is 2. The van der Waals surface area contributed by atoms with Crippen molar-refractivity contribution in [1.82, 2.24) is 4.90 Å². The molecule has 0 aliphatic heterocycles. The second-order valence-electron chi connectivity index (χ2n) is 4.34. The first-order valence-corrected chi connectivity index (χ1v) is 7.94. The largest absolute Gasteiger partial charge is 0.465 e. The van der Waals surface area contributed by atoms with Gasteiger partial charge >= 0.3 is 5.97 Å². The molecule has 0 radical (unpaired) electrons. The third kappa shape index (κ3) is 5.46. The quantitative estimate of drug-likeness (QED) is 0.578. The third-order valence-corrected chi connectivity index (χ3v) is 4.08. The Kier molecular flexibility index (Phi) is 6.95. The molecule has 0 aromatic carbocycles. The zero-order valence-electron chi connectivity index (χ0n) is 11.8. The highest BCUT2D eigenvalue weighted by atomic mass is 79.9. The highest BCUT2D eigenvalue weighted by Gasteiger charge is 2.18. The summed E-state index contributed by atoms with van der Waals surface area (Å²) in [6.07, 6.45) is 3.23. The summed E-state index contributed by atoms with van der Waals surface area (Å²) in [5.41, 5.74) is 0. The lowest BCUT2D eigenvalue weighted by molar-refractivity contribution is -0.148. The molecule has 110 valence electrons. The summed E-state index contributed by atoms with van der Waals surface area (Å²) in [6, 6.07) is 3.78. The van der Waals surface area contributed by atoms with E-state index in [1.165, 1.54) is 22.3 Å². The molecule has 20 heavy (non-hydrogen) atoms. The number of nitrogens with zero attached hydrogens (tertiary/aromatic N) is 1. The Morgan fingerprint density at radius 2 is 2.15 bits per heavy atom. The maximum atomic E-state index is 12.1. The molecular weight excluding hydrogens is 342 g/mol. The lowest BCUT2D eigenvalue weighted by Gasteiger charge is -2.24. The maximum Gasteiger partial charge on any atom is 0.325 e. The first-order chi connectivity index (χ1) is 9.43. The molecule has 1 rings (SSSR count). The van der Waals surface area contributed by atoms with Gasteiger partial charge in [0.15, 0.2) is 0 Å². The number of hydrogen-bond acceptors (Lipinski definition) is 4. The molecule has 1 aromatic heterocycles. The Morgan fingerprint density at radius 3 is 2.65 bits per heavy atom. The number of carbonyl (C=O) groups excluding carboxylic acids is 2. The van der Waals surface area contributed by atoms with Gasteiger partial charge in [0.1, 0.15) is 6.54 Å². The topological polar surface area (TPSA) is 46.6 Å². The van der Waals surface area contributed by atoms with Gasteiger partial charge in [0, 0.05) is 17.0 Å². The van der Waals surface area contributed by atoms with E-state index in [1.807, 2.05) is 26.0 Å². The van der Waals surface area contributed by atoms with Gasteiger partial charge in [-0.15, -0.1) is 11.3 Å². The van der Waals surface area contributed by atoms with Crippen LogP contribution in [0.25, 0.3) is 6.08 Å². The van der Waals surface area contributed by atoms with Crippen molar-refractivity contribution in [2.24, 2.45) is 0 Å². The fraction of sp³-hybridized carbons (Fsp3) is 0.429. The number of rotatable bonds is 6. The molecule has 0 saturated carbocycles. The van der Waals surface area contributed by atoms with Crippen LogP contribution in [-0.2, 0) is 14.3 Å². The number of hydrogen-bond donors (Lipinski definition) is 0. The van der Waals surface area contributed by atoms with E-state index in [-0.39, 0.29) is 24.5 Å². The lowest BCUT2D eigenvalue weighted by Crippen LogP contribution is -2.40. The summed E-state index contributed by atoms with van der Waals surface area (Å²) >= 11 is 4.91. The fourth-order valence-electron chi connectivity index (χ4n) is 1.53. The van der Waals surface area contributed by atoms with Crippen LogP contribution in [0.3, 0.4) is 0 Å². The molecule has 0 atom stereocenters. The van der Waals surface area contributed by atoms with E-state index in [0.29, 0.717) is 6.61 Å². The van der Waals surface area contributed by atoms with Crippen LogP contribution in [0.5, 0.6) is 0 Å². The third-order valence-electron chi connectivity index (χ3n) is 2.50. The summed E-state index contributed by atoms with van der Waals surface area (Å²) in [5.74, 6) is -0.584. The molecule has 1 heterocycles. The van der Waals surface area contributed by atoms with E-state index in [2.05, 4.69) is 15.9 Å². The molecule has 0 aliphatic carbocycles. The van der Waals surface area contributed by atoms with Crippen LogP contribution in [0.2, 0.25) is 0 Å². The van der Waals surface area contributed by atoms with Crippen LogP contribution < -0.4 is 0 Å². The fourth-order valence-corrected chi connectivity index (χ4v) is 2.85. The smallest absolute Gasteiger partial charge is 0.325 e. The van der Waals surface area contributed by atoms with E-state index >= 15 is 0 Å². The van der Waals surface area contributed by atoms with Crippen LogP contribution in [0.15, 0.2) is 22.0 Å². The van der Waals surface area contributed by atoms with Gasteiger partial charge in [0.05, 0.1) is 10.4 Å². The van der Waals surface area contributed by atoms with Crippen LogP contribution in [0.4, 0.5) is 0 Å². The van der Waals surface area contributed by atoms with Gasteiger partial charge in [0.2, 0.25) is 5.91 Å². The van der Waals surface area contributed by atoms with Gasteiger partial charge < -0.3 is 9.64 Å². The second kappa shape index (κ2) is 8.21. The van der Waals surface area contributed by atoms with Gasteiger partial charge in [-0.25, -0.2) is 0 Å².